The van der Waals surface area contributed by atoms with Crippen LogP contribution in [0.1, 0.15) is 45.1 Å². The van der Waals surface area contributed by atoms with Gasteiger partial charge in [0.25, 0.3) is 0 Å². The molecule has 8 nitrogen and oxygen atoms in total. The van der Waals surface area contributed by atoms with E-state index < -0.39 is 11.3 Å². The van der Waals surface area contributed by atoms with Crippen molar-refractivity contribution in [1.29, 1.82) is 0 Å². The molecule has 2 spiro atoms. The minimum atomic E-state index is -0.720. The number of rotatable bonds is 0. The fourth-order valence-electron chi connectivity index (χ4n) is 10.2. The Morgan fingerprint density at radius 1 is 0.674 bits per heavy atom. The molecule has 0 saturated carbocycles. The number of benzene rings is 4. The third-order valence-electron chi connectivity index (χ3n) is 11.6. The summed E-state index contributed by atoms with van der Waals surface area (Å²) in [5.41, 5.74) is 14.2. The lowest BCUT2D eigenvalue weighted by Gasteiger charge is -2.46. The van der Waals surface area contributed by atoms with E-state index in [2.05, 4.69) is 94.3 Å². The van der Waals surface area contributed by atoms with Crippen molar-refractivity contribution in [1.82, 2.24) is 20.8 Å². The van der Waals surface area contributed by atoms with E-state index in [-0.39, 0.29) is 19.3 Å². The minimum absolute atomic E-state index is 0.0171. The molecule has 4 aromatic carbocycles. The molecule has 1 aromatic heterocycles. The van der Waals surface area contributed by atoms with Gasteiger partial charge in [0.2, 0.25) is 19.8 Å². The van der Waals surface area contributed by atoms with Gasteiger partial charge in [-0.05, 0) is 34.4 Å². The number of nitrogens with zero attached hydrogens (tertiary/aromatic N) is 4. The van der Waals surface area contributed by atoms with Gasteiger partial charge in [-0.3, -0.25) is 0 Å². The van der Waals surface area contributed by atoms with E-state index >= 15 is 0 Å². The van der Waals surface area contributed by atoms with E-state index in [0.29, 0.717) is 13.5 Å². The van der Waals surface area contributed by atoms with E-state index in [1.165, 1.54) is 55.2 Å². The Morgan fingerprint density at radius 2 is 1.16 bits per heavy atom. The first-order valence-electron chi connectivity index (χ1n) is 15.2. The number of fused-ring (bicyclic) bond motifs is 1. The van der Waals surface area contributed by atoms with Crippen LogP contribution in [0.4, 0.5) is 0 Å². The monoisotopic (exact) mass is 558 g/mol. The molecule has 7 heterocycles. The average molecular weight is 558 g/mol. The van der Waals surface area contributed by atoms with E-state index in [9.17, 15) is 0 Å². The Hall–Kier alpha value is -4.53. The quantitative estimate of drug-likeness (QED) is 0.190. The van der Waals surface area contributed by atoms with Gasteiger partial charge in [0.15, 0.2) is 5.92 Å². The SMILES string of the molecule is CB1c2cccc3c2C2(NCO3)c3c1ccc1c3C3c4c-1ccc1c4C4(NCOc5cccc(c54)B1C)[n+]1ncn[n+]2c13. The van der Waals surface area contributed by atoms with Gasteiger partial charge in [-0.15, -0.1) is 0 Å². The highest BCUT2D eigenvalue weighted by atomic mass is 16.5. The summed E-state index contributed by atoms with van der Waals surface area (Å²) >= 11 is 0. The molecule has 0 saturated heterocycles. The fraction of sp³-hybridized carbons (Fsp3) is 0.212. The van der Waals surface area contributed by atoms with Crippen molar-refractivity contribution in [3.63, 3.8) is 0 Å². The van der Waals surface area contributed by atoms with Crippen molar-refractivity contribution in [2.75, 3.05) is 13.5 Å². The first kappa shape index (κ1) is 22.1. The van der Waals surface area contributed by atoms with Crippen LogP contribution < -0.4 is 51.3 Å². The van der Waals surface area contributed by atoms with Crippen LogP contribution in [0.3, 0.4) is 0 Å². The minimum Gasteiger partial charge on any atom is -0.478 e. The zero-order chi connectivity index (χ0) is 28.0. The predicted molar refractivity (Wildman–Crippen MR) is 160 cm³/mol. The first-order chi connectivity index (χ1) is 21.2. The van der Waals surface area contributed by atoms with Crippen molar-refractivity contribution >= 4 is 35.3 Å². The van der Waals surface area contributed by atoms with Crippen molar-refractivity contribution in [3.8, 4) is 22.6 Å². The number of hydrogen-bond donors (Lipinski definition) is 2. The van der Waals surface area contributed by atoms with E-state index in [0.717, 1.165) is 28.5 Å². The van der Waals surface area contributed by atoms with E-state index in [4.69, 9.17) is 19.7 Å². The van der Waals surface area contributed by atoms with Gasteiger partial charge in [-0.1, -0.05) is 84.0 Å². The molecule has 2 atom stereocenters. The summed E-state index contributed by atoms with van der Waals surface area (Å²) in [5.74, 6) is 2.94. The number of nitrogens with one attached hydrogen (secondary N) is 2. The van der Waals surface area contributed by atoms with Gasteiger partial charge in [-0.2, -0.15) is 0 Å². The van der Waals surface area contributed by atoms with Gasteiger partial charge in [0.1, 0.15) is 25.0 Å². The molecule has 43 heavy (non-hydrogen) atoms. The highest BCUT2D eigenvalue weighted by molar-refractivity contribution is 6.86. The third kappa shape index (κ3) is 2.00. The Bertz CT molecular complexity index is 2090. The van der Waals surface area contributed by atoms with Crippen LogP contribution in [-0.4, -0.2) is 37.1 Å². The Kier molecular flexibility index (Phi) is 3.42. The summed E-state index contributed by atoms with van der Waals surface area (Å²) < 4.78 is 17.1. The van der Waals surface area contributed by atoms with Crippen LogP contribution in [0.5, 0.6) is 11.5 Å². The summed E-state index contributed by atoms with van der Waals surface area (Å²) in [6, 6.07) is 22.5. The van der Waals surface area contributed by atoms with Crippen LogP contribution in [0, 0.1) is 0 Å². The molecule has 1 aliphatic carbocycles. The molecular formula is C33H24B2N6O2+2. The lowest BCUT2D eigenvalue weighted by atomic mass is 9.36. The van der Waals surface area contributed by atoms with Crippen LogP contribution in [0.15, 0.2) is 67.0 Å². The van der Waals surface area contributed by atoms with Crippen molar-refractivity contribution in [2.24, 2.45) is 0 Å². The highest BCUT2D eigenvalue weighted by Gasteiger charge is 2.73. The zero-order valence-electron chi connectivity index (χ0n) is 23.6. The fourth-order valence-corrected chi connectivity index (χ4v) is 10.2. The van der Waals surface area contributed by atoms with Crippen LogP contribution in [0.2, 0.25) is 13.6 Å². The molecule has 0 radical (unpaired) electrons. The van der Waals surface area contributed by atoms with Gasteiger partial charge in [0.05, 0.1) is 11.1 Å². The molecule has 2 N–H and O–H groups in total. The Labute approximate surface area is 247 Å². The molecule has 2 unspecified atom stereocenters. The van der Waals surface area contributed by atoms with Crippen molar-refractivity contribution in [2.45, 2.75) is 30.9 Å². The van der Waals surface area contributed by atoms with Gasteiger partial charge >= 0.3 is 17.2 Å². The molecule has 202 valence electrons. The smallest absolute Gasteiger partial charge is 0.478 e. The topological polar surface area (TPSA) is 76.1 Å². The van der Waals surface area contributed by atoms with E-state index in [1.807, 2.05) is 0 Å². The second kappa shape index (κ2) is 6.67. The summed E-state index contributed by atoms with van der Waals surface area (Å²) in [7, 11) is 0. The second-order valence-electron chi connectivity index (χ2n) is 13.0. The predicted octanol–water partition coefficient (Wildman–Crippen LogP) is -0.679. The lowest BCUT2D eigenvalue weighted by molar-refractivity contribution is -0.937. The summed E-state index contributed by atoms with van der Waals surface area (Å²) in [4.78, 5) is 0. The molecular weight excluding hydrogens is 534 g/mol. The Balaban J connectivity index is 1.34. The maximum absolute atomic E-state index is 6.30. The normalized spacial score (nSPS) is 25.8. The largest absolute Gasteiger partial charge is 0.485 e. The number of ether oxygens (including phenoxy) is 2. The third-order valence-corrected chi connectivity index (χ3v) is 11.6. The Morgan fingerprint density at radius 3 is 1.67 bits per heavy atom. The molecule has 5 aromatic rings. The van der Waals surface area contributed by atoms with Crippen LogP contribution >= 0.6 is 0 Å². The number of aromatic nitrogens is 4. The first-order valence-corrected chi connectivity index (χ1v) is 15.2. The molecule has 0 fully saturated rings. The summed E-state index contributed by atoms with van der Waals surface area (Å²) in [6.45, 7) is 5.89. The standard InChI is InChI=1S/C33H24B2N6O2/c1-34-18-5-3-7-22-27(18)32(36-14-42-22)29-20(34)11-9-16-17-10-12-21-30-25(17)26(24(16)29)31-40(32)38-13-39-41(31)33(30)28-19(35(21)2)6-4-8-23(28)43-15-37-33/h3-13,26,36-37H,14-15H2,1-2H3/q+2. The summed E-state index contributed by atoms with van der Waals surface area (Å²) in [6.07, 6.45) is 1.74. The maximum atomic E-state index is 6.30. The summed E-state index contributed by atoms with van der Waals surface area (Å²) in [5, 5.41) is 18.1. The van der Waals surface area contributed by atoms with Gasteiger partial charge < -0.3 is 9.47 Å². The van der Waals surface area contributed by atoms with Gasteiger partial charge in [0, 0.05) is 30.7 Å². The molecule has 10 heteroatoms. The van der Waals surface area contributed by atoms with Gasteiger partial charge in [-0.25, -0.2) is 10.6 Å². The van der Waals surface area contributed by atoms with Crippen molar-refractivity contribution < 1.29 is 18.8 Å². The van der Waals surface area contributed by atoms with Crippen LogP contribution in [0.25, 0.3) is 11.1 Å². The molecule has 0 amide bonds. The maximum Gasteiger partial charge on any atom is 0.485 e. The molecule has 7 aliphatic rings. The lowest BCUT2D eigenvalue weighted by Crippen LogP contribution is -2.86. The number of hydrogen-bond acceptors (Lipinski definition) is 6. The zero-order valence-corrected chi connectivity index (χ0v) is 23.6. The molecule has 6 aliphatic heterocycles. The molecule has 0 bridgehead atoms. The second-order valence-corrected chi connectivity index (χ2v) is 13.0. The average Bonchev–Trinajstić information content (AvgIpc) is 3.39. The van der Waals surface area contributed by atoms with Crippen LogP contribution in [-0.2, 0) is 11.3 Å². The highest BCUT2D eigenvalue weighted by Crippen LogP contribution is 2.58. The van der Waals surface area contributed by atoms with Crippen molar-refractivity contribution in [3.05, 3.63) is 106 Å². The van der Waals surface area contributed by atoms with E-state index in [1.54, 1.807) is 6.33 Å². The molecule has 12 rings (SSSR count).